The SMILES string of the molecule is CCCC1CCC(c2nc(-c3ccc(-c4nnc([C@@](C)(N)CO)s4)cc3)no2)CC1. The van der Waals surface area contributed by atoms with E-state index in [1.54, 1.807) is 6.92 Å². The van der Waals surface area contributed by atoms with Gasteiger partial charge >= 0.3 is 0 Å². The summed E-state index contributed by atoms with van der Waals surface area (Å²) in [7, 11) is 0. The minimum atomic E-state index is -0.882. The molecule has 1 fully saturated rings. The number of nitrogens with zero attached hydrogens (tertiary/aromatic N) is 4. The third-order valence-electron chi connectivity index (χ3n) is 5.97. The summed E-state index contributed by atoms with van der Waals surface area (Å²) in [5.74, 6) is 2.64. The maximum Gasteiger partial charge on any atom is 0.230 e. The lowest BCUT2D eigenvalue weighted by Gasteiger charge is -2.25. The lowest BCUT2D eigenvalue weighted by molar-refractivity contribution is 0.209. The molecule has 0 unspecified atom stereocenters. The zero-order valence-electron chi connectivity index (χ0n) is 17.5. The predicted molar refractivity (Wildman–Crippen MR) is 117 cm³/mol. The molecule has 3 N–H and O–H groups in total. The van der Waals surface area contributed by atoms with Crippen molar-refractivity contribution in [3.05, 3.63) is 35.2 Å². The number of benzene rings is 1. The zero-order chi connectivity index (χ0) is 21.1. The van der Waals surface area contributed by atoms with Gasteiger partial charge in [-0.25, -0.2) is 0 Å². The normalized spacial score (nSPS) is 21.5. The van der Waals surface area contributed by atoms with Crippen LogP contribution >= 0.6 is 11.3 Å². The largest absolute Gasteiger partial charge is 0.394 e. The van der Waals surface area contributed by atoms with Gasteiger partial charge in [-0.15, -0.1) is 10.2 Å². The van der Waals surface area contributed by atoms with Gasteiger partial charge in [0.2, 0.25) is 11.7 Å². The van der Waals surface area contributed by atoms with Gasteiger partial charge in [-0.3, -0.25) is 0 Å². The predicted octanol–water partition coefficient (Wildman–Crippen LogP) is 4.50. The van der Waals surface area contributed by atoms with Gasteiger partial charge in [0, 0.05) is 17.0 Å². The van der Waals surface area contributed by atoms with Crippen LogP contribution in [0.4, 0.5) is 0 Å². The van der Waals surface area contributed by atoms with Crippen LogP contribution < -0.4 is 5.73 Å². The molecule has 2 aromatic heterocycles. The number of hydrogen-bond donors (Lipinski definition) is 2. The number of hydrogen-bond acceptors (Lipinski definition) is 8. The van der Waals surface area contributed by atoms with Crippen molar-refractivity contribution < 1.29 is 9.63 Å². The molecule has 7 nitrogen and oxygen atoms in total. The van der Waals surface area contributed by atoms with E-state index in [1.165, 1.54) is 37.0 Å². The zero-order valence-corrected chi connectivity index (χ0v) is 18.4. The molecule has 160 valence electrons. The standard InChI is InChI=1S/C22H29N5O2S/c1-3-4-14-5-7-16(8-6-14)19-24-18(27-29-19)15-9-11-17(12-10-15)20-25-26-21(30-20)22(2,23)13-28/h9-12,14,16,28H,3-8,13,23H2,1-2H3/t14?,16?,22-/m0/s1. The number of aliphatic hydroxyl groups excluding tert-OH is 1. The molecule has 1 atom stereocenters. The van der Waals surface area contributed by atoms with Crippen molar-refractivity contribution in [1.29, 1.82) is 0 Å². The first kappa shape index (κ1) is 21.1. The third-order valence-corrected chi connectivity index (χ3v) is 7.22. The summed E-state index contributed by atoms with van der Waals surface area (Å²) in [6.07, 6.45) is 7.38. The van der Waals surface area contributed by atoms with Gasteiger partial charge in [-0.05, 0) is 38.5 Å². The summed E-state index contributed by atoms with van der Waals surface area (Å²) in [6.45, 7) is 3.82. The summed E-state index contributed by atoms with van der Waals surface area (Å²) >= 11 is 1.39. The van der Waals surface area contributed by atoms with Gasteiger partial charge in [0.05, 0.1) is 12.1 Å². The highest BCUT2D eigenvalue weighted by molar-refractivity contribution is 7.14. The monoisotopic (exact) mass is 427 g/mol. The molecule has 8 heteroatoms. The van der Waals surface area contributed by atoms with Gasteiger partial charge in [0.1, 0.15) is 10.0 Å². The Bertz CT molecular complexity index is 958. The molecule has 1 saturated carbocycles. The Labute approximate surface area is 180 Å². The molecule has 1 aliphatic carbocycles. The van der Waals surface area contributed by atoms with E-state index in [-0.39, 0.29) is 6.61 Å². The van der Waals surface area contributed by atoms with Gasteiger partial charge in [0.25, 0.3) is 0 Å². The van der Waals surface area contributed by atoms with E-state index in [0.29, 0.717) is 16.7 Å². The molecule has 0 amide bonds. The van der Waals surface area contributed by atoms with Crippen LogP contribution in [0.5, 0.6) is 0 Å². The molecule has 0 aliphatic heterocycles. The van der Waals surface area contributed by atoms with Crippen LogP contribution in [0.3, 0.4) is 0 Å². The fraction of sp³-hybridized carbons (Fsp3) is 0.545. The molecule has 0 radical (unpaired) electrons. The fourth-order valence-corrected chi connectivity index (χ4v) is 4.92. The van der Waals surface area contributed by atoms with Crippen LogP contribution in [0.15, 0.2) is 28.8 Å². The lowest BCUT2D eigenvalue weighted by Crippen LogP contribution is -2.36. The van der Waals surface area contributed by atoms with Crippen LogP contribution in [0.25, 0.3) is 22.0 Å². The summed E-state index contributed by atoms with van der Waals surface area (Å²) < 4.78 is 5.60. The van der Waals surface area contributed by atoms with Crippen molar-refractivity contribution in [2.75, 3.05) is 6.61 Å². The Morgan fingerprint density at radius 2 is 1.83 bits per heavy atom. The first-order valence-electron chi connectivity index (χ1n) is 10.7. The van der Waals surface area contributed by atoms with E-state index >= 15 is 0 Å². The fourth-order valence-electron chi connectivity index (χ4n) is 4.02. The minimum Gasteiger partial charge on any atom is -0.394 e. The van der Waals surface area contributed by atoms with Crippen LogP contribution in [0.2, 0.25) is 0 Å². The highest BCUT2D eigenvalue weighted by Gasteiger charge is 2.27. The Balaban J connectivity index is 1.44. The maximum atomic E-state index is 9.41. The Kier molecular flexibility index (Phi) is 6.26. The molecule has 1 aromatic carbocycles. The van der Waals surface area contributed by atoms with Crippen molar-refractivity contribution in [2.24, 2.45) is 11.7 Å². The highest BCUT2D eigenvalue weighted by Crippen LogP contribution is 2.37. The second-order valence-corrected chi connectivity index (χ2v) is 9.51. The van der Waals surface area contributed by atoms with Crippen molar-refractivity contribution >= 4 is 11.3 Å². The third kappa shape index (κ3) is 4.45. The summed E-state index contributed by atoms with van der Waals surface area (Å²) in [4.78, 5) is 4.68. The van der Waals surface area contributed by atoms with Crippen LogP contribution in [0.1, 0.15) is 69.2 Å². The van der Waals surface area contributed by atoms with Crippen molar-refractivity contribution in [1.82, 2.24) is 20.3 Å². The van der Waals surface area contributed by atoms with Crippen molar-refractivity contribution in [2.45, 2.75) is 63.8 Å². The van der Waals surface area contributed by atoms with E-state index in [9.17, 15) is 5.11 Å². The average molecular weight is 428 g/mol. The number of aliphatic hydroxyl groups is 1. The van der Waals surface area contributed by atoms with Crippen molar-refractivity contribution in [3.63, 3.8) is 0 Å². The van der Waals surface area contributed by atoms with Crippen LogP contribution in [0, 0.1) is 5.92 Å². The van der Waals surface area contributed by atoms with Crippen LogP contribution in [-0.2, 0) is 5.54 Å². The van der Waals surface area contributed by atoms with Crippen molar-refractivity contribution in [3.8, 4) is 22.0 Å². The molecule has 0 saturated heterocycles. The Morgan fingerprint density at radius 1 is 1.13 bits per heavy atom. The smallest absolute Gasteiger partial charge is 0.230 e. The van der Waals surface area contributed by atoms with Gasteiger partial charge in [-0.1, -0.05) is 60.5 Å². The molecule has 0 bridgehead atoms. The molecular weight excluding hydrogens is 398 g/mol. The first-order valence-corrected chi connectivity index (χ1v) is 11.5. The molecule has 4 rings (SSSR count). The minimum absolute atomic E-state index is 0.180. The number of nitrogens with two attached hydrogens (primary N) is 1. The van der Waals surface area contributed by atoms with Gasteiger partial charge in [-0.2, -0.15) is 4.98 Å². The summed E-state index contributed by atoms with van der Waals surface area (Å²) in [5, 5.41) is 23.3. The molecule has 0 spiro atoms. The summed E-state index contributed by atoms with van der Waals surface area (Å²) in [6, 6.07) is 7.88. The van der Waals surface area contributed by atoms with Gasteiger partial charge in [0.15, 0.2) is 0 Å². The second-order valence-electron chi connectivity index (χ2n) is 8.53. The van der Waals surface area contributed by atoms with E-state index < -0.39 is 5.54 Å². The quantitative estimate of drug-likeness (QED) is 0.571. The molecule has 3 aromatic rings. The maximum absolute atomic E-state index is 9.41. The second kappa shape index (κ2) is 8.91. The Hall–Kier alpha value is -2.16. The van der Waals surface area contributed by atoms with Gasteiger partial charge < -0.3 is 15.4 Å². The van der Waals surface area contributed by atoms with E-state index in [0.717, 1.165) is 40.8 Å². The molecule has 1 aliphatic rings. The molecule has 30 heavy (non-hydrogen) atoms. The van der Waals surface area contributed by atoms with E-state index in [1.807, 2.05) is 24.3 Å². The molecule has 2 heterocycles. The van der Waals surface area contributed by atoms with E-state index in [4.69, 9.17) is 10.3 Å². The lowest BCUT2D eigenvalue weighted by atomic mass is 9.80. The first-order chi connectivity index (χ1) is 14.5. The average Bonchev–Trinajstić information content (AvgIpc) is 3.45. The number of aromatic nitrogens is 4. The van der Waals surface area contributed by atoms with Crippen LogP contribution in [-0.4, -0.2) is 32.1 Å². The Morgan fingerprint density at radius 3 is 2.50 bits per heavy atom. The van der Waals surface area contributed by atoms with E-state index in [2.05, 4.69) is 27.3 Å². The number of rotatable bonds is 7. The highest BCUT2D eigenvalue weighted by atomic mass is 32.1. The topological polar surface area (TPSA) is 111 Å². The summed E-state index contributed by atoms with van der Waals surface area (Å²) in [5.41, 5.74) is 7.02. The molecular formula is C22H29N5O2S.